The Morgan fingerprint density at radius 1 is 1.09 bits per heavy atom. The number of rotatable bonds is 14. The van der Waals surface area contributed by atoms with Gasteiger partial charge in [-0.15, -0.1) is 0 Å². The van der Waals surface area contributed by atoms with Gasteiger partial charge in [0, 0.05) is 38.3 Å². The summed E-state index contributed by atoms with van der Waals surface area (Å²) in [6.07, 6.45) is 3.82. The number of aromatic nitrogens is 2. The third-order valence-electron chi connectivity index (χ3n) is 6.23. The van der Waals surface area contributed by atoms with Crippen molar-refractivity contribution in [1.29, 1.82) is 0 Å². The lowest BCUT2D eigenvalue weighted by Gasteiger charge is -2.25. The Bertz CT molecular complexity index is 1070. The maximum atomic E-state index is 10.7. The molecule has 188 valence electrons. The molecule has 7 heteroatoms. The molecule has 35 heavy (non-hydrogen) atoms. The van der Waals surface area contributed by atoms with Crippen LogP contribution >= 0.6 is 0 Å². The van der Waals surface area contributed by atoms with Crippen molar-refractivity contribution >= 4 is 0 Å². The number of aryl methyl sites for hydroxylation is 1. The number of methoxy groups -OCH3 is 1. The van der Waals surface area contributed by atoms with Gasteiger partial charge in [0.1, 0.15) is 5.69 Å². The first kappa shape index (κ1) is 25.2. The van der Waals surface area contributed by atoms with Gasteiger partial charge in [0.05, 0.1) is 25.4 Å². The van der Waals surface area contributed by atoms with E-state index in [2.05, 4.69) is 24.0 Å². The van der Waals surface area contributed by atoms with Gasteiger partial charge < -0.3 is 19.3 Å². The van der Waals surface area contributed by atoms with Crippen LogP contribution in [0.5, 0.6) is 17.4 Å². The molecule has 4 rings (SSSR count). The molecule has 0 spiro atoms. The zero-order chi connectivity index (χ0) is 24.6. The van der Waals surface area contributed by atoms with Crippen molar-refractivity contribution in [3.05, 3.63) is 60.2 Å². The van der Waals surface area contributed by atoms with Crippen LogP contribution in [-0.4, -0.2) is 58.8 Å². The van der Waals surface area contributed by atoms with E-state index in [0.717, 1.165) is 42.5 Å². The number of unbranched alkanes of at least 4 members (excludes halogenated alkanes) is 1. The predicted molar refractivity (Wildman–Crippen MR) is 137 cm³/mol. The predicted octanol–water partition coefficient (Wildman–Crippen LogP) is 5.03. The van der Waals surface area contributed by atoms with Crippen molar-refractivity contribution in [3.63, 3.8) is 0 Å². The molecule has 0 saturated heterocycles. The summed E-state index contributed by atoms with van der Waals surface area (Å²) in [6, 6.07) is 18.2. The molecule has 0 aliphatic heterocycles. The number of para-hydroxylation sites is 2. The van der Waals surface area contributed by atoms with Crippen molar-refractivity contribution in [1.82, 2.24) is 14.7 Å². The van der Waals surface area contributed by atoms with Gasteiger partial charge >= 0.3 is 0 Å². The first-order valence-corrected chi connectivity index (χ1v) is 12.5. The van der Waals surface area contributed by atoms with Crippen LogP contribution in [0.1, 0.15) is 38.2 Å². The minimum atomic E-state index is -0.539. The van der Waals surface area contributed by atoms with E-state index in [0.29, 0.717) is 49.7 Å². The van der Waals surface area contributed by atoms with E-state index in [1.165, 1.54) is 0 Å². The normalized spacial score (nSPS) is 14.3. The van der Waals surface area contributed by atoms with E-state index in [4.69, 9.17) is 19.3 Å². The molecule has 0 unspecified atom stereocenters. The Balaban J connectivity index is 1.62. The summed E-state index contributed by atoms with van der Waals surface area (Å²) in [7, 11) is 3.54. The molecule has 1 saturated carbocycles. The van der Waals surface area contributed by atoms with Gasteiger partial charge in [-0.2, -0.15) is 5.10 Å². The first-order chi connectivity index (χ1) is 17.1. The molecular weight excluding hydrogens is 442 g/mol. The average molecular weight is 480 g/mol. The number of hydrogen-bond donors (Lipinski definition) is 1. The highest BCUT2D eigenvalue weighted by molar-refractivity contribution is 5.66. The Morgan fingerprint density at radius 3 is 2.49 bits per heavy atom. The van der Waals surface area contributed by atoms with E-state index in [-0.39, 0.29) is 0 Å². The summed E-state index contributed by atoms with van der Waals surface area (Å²) in [4.78, 5) is 2.34. The number of benzene rings is 2. The van der Waals surface area contributed by atoms with E-state index in [1.807, 2.05) is 49.5 Å². The van der Waals surface area contributed by atoms with Crippen LogP contribution in [0, 0.1) is 0 Å². The fourth-order valence-corrected chi connectivity index (χ4v) is 4.23. The molecule has 1 atom stereocenters. The Labute approximate surface area is 208 Å². The number of nitrogens with zero attached hydrogens (tertiary/aromatic N) is 3. The second-order valence-corrected chi connectivity index (χ2v) is 9.12. The zero-order valence-corrected chi connectivity index (χ0v) is 21.0. The fraction of sp³-hybridized carbons (Fsp3) is 0.464. The summed E-state index contributed by atoms with van der Waals surface area (Å²) in [5, 5.41) is 15.6. The topological polar surface area (TPSA) is 69.0 Å². The van der Waals surface area contributed by atoms with Gasteiger partial charge in [0.25, 0.3) is 0 Å². The zero-order valence-electron chi connectivity index (χ0n) is 21.0. The molecule has 7 nitrogen and oxygen atoms in total. The fourth-order valence-electron chi connectivity index (χ4n) is 4.23. The molecule has 2 aromatic carbocycles. The summed E-state index contributed by atoms with van der Waals surface area (Å²) < 4.78 is 19.4. The molecule has 1 aliphatic rings. The molecular formula is C28H37N3O4. The lowest BCUT2D eigenvalue weighted by molar-refractivity contribution is 0.0127. The van der Waals surface area contributed by atoms with Gasteiger partial charge in [0.15, 0.2) is 11.5 Å². The summed E-state index contributed by atoms with van der Waals surface area (Å²) in [5.41, 5.74) is 2.92. The van der Waals surface area contributed by atoms with Crippen molar-refractivity contribution in [3.8, 4) is 28.6 Å². The number of aliphatic hydroxyl groups is 1. The van der Waals surface area contributed by atoms with Crippen LogP contribution in [0.15, 0.2) is 54.6 Å². The van der Waals surface area contributed by atoms with Crippen LogP contribution < -0.4 is 9.47 Å². The van der Waals surface area contributed by atoms with Crippen LogP contribution in [0.4, 0.5) is 0 Å². The highest BCUT2D eigenvalue weighted by atomic mass is 16.5. The number of hydrogen-bond acceptors (Lipinski definition) is 6. The van der Waals surface area contributed by atoms with Crippen molar-refractivity contribution in [2.45, 2.75) is 51.3 Å². The van der Waals surface area contributed by atoms with Crippen molar-refractivity contribution in [2.75, 3.05) is 26.9 Å². The van der Waals surface area contributed by atoms with E-state index in [9.17, 15) is 5.11 Å². The standard InChI is InChI=1S/C28H37N3O4/c1-4-5-17-34-20-23(32)18-31(22-15-16-22)19-24-27(21-11-7-6-8-12-21)29-30(2)28(24)35-26-14-10-9-13-25(26)33-3/h6-14,22-23,32H,4-5,15-20H2,1-3H3/t23-/m0/s1. The molecule has 1 aromatic heterocycles. The molecule has 1 fully saturated rings. The average Bonchev–Trinajstić information content (AvgIpc) is 3.68. The van der Waals surface area contributed by atoms with Crippen molar-refractivity contribution in [2.24, 2.45) is 7.05 Å². The minimum Gasteiger partial charge on any atom is -0.493 e. The smallest absolute Gasteiger partial charge is 0.222 e. The third kappa shape index (κ3) is 6.63. The molecule has 0 bridgehead atoms. The largest absolute Gasteiger partial charge is 0.493 e. The second-order valence-electron chi connectivity index (χ2n) is 9.12. The Kier molecular flexibility index (Phi) is 8.79. The summed E-state index contributed by atoms with van der Waals surface area (Å²) in [6.45, 7) is 4.35. The van der Waals surface area contributed by atoms with E-state index in [1.54, 1.807) is 11.8 Å². The minimum absolute atomic E-state index is 0.354. The third-order valence-corrected chi connectivity index (χ3v) is 6.23. The molecule has 0 radical (unpaired) electrons. The van der Waals surface area contributed by atoms with Gasteiger partial charge in [-0.05, 0) is 31.4 Å². The molecule has 0 amide bonds. The highest BCUT2D eigenvalue weighted by Crippen LogP contribution is 2.39. The molecule has 3 aromatic rings. The van der Waals surface area contributed by atoms with Gasteiger partial charge in [-0.1, -0.05) is 55.8 Å². The number of ether oxygens (including phenoxy) is 3. The van der Waals surface area contributed by atoms with Crippen LogP contribution in [0.2, 0.25) is 0 Å². The maximum Gasteiger partial charge on any atom is 0.222 e. The summed E-state index contributed by atoms with van der Waals surface area (Å²) in [5.74, 6) is 1.98. The monoisotopic (exact) mass is 479 g/mol. The second kappa shape index (κ2) is 12.2. The molecule has 1 heterocycles. The Morgan fingerprint density at radius 2 is 1.80 bits per heavy atom. The van der Waals surface area contributed by atoms with Crippen LogP contribution in [-0.2, 0) is 18.3 Å². The lowest BCUT2D eigenvalue weighted by atomic mass is 10.1. The lowest BCUT2D eigenvalue weighted by Crippen LogP contribution is -2.36. The number of aliphatic hydroxyl groups excluding tert-OH is 1. The quantitative estimate of drug-likeness (QED) is 0.327. The molecule has 1 aliphatic carbocycles. The van der Waals surface area contributed by atoms with E-state index < -0.39 is 6.10 Å². The maximum absolute atomic E-state index is 10.7. The van der Waals surface area contributed by atoms with Crippen LogP contribution in [0.3, 0.4) is 0 Å². The van der Waals surface area contributed by atoms with Crippen molar-refractivity contribution < 1.29 is 19.3 Å². The Hall–Kier alpha value is -2.87. The summed E-state index contributed by atoms with van der Waals surface area (Å²) >= 11 is 0. The highest BCUT2D eigenvalue weighted by Gasteiger charge is 2.33. The van der Waals surface area contributed by atoms with Gasteiger partial charge in [-0.25, -0.2) is 4.68 Å². The van der Waals surface area contributed by atoms with Crippen LogP contribution in [0.25, 0.3) is 11.3 Å². The van der Waals surface area contributed by atoms with Gasteiger partial charge in [-0.3, -0.25) is 4.90 Å². The van der Waals surface area contributed by atoms with E-state index >= 15 is 0 Å². The van der Waals surface area contributed by atoms with Gasteiger partial charge in [0.2, 0.25) is 5.88 Å². The molecule has 1 N–H and O–H groups in total. The SMILES string of the molecule is CCCCOC[C@@H](O)CN(Cc1c(-c2ccccc2)nn(C)c1Oc1ccccc1OC)C1CC1. The first-order valence-electron chi connectivity index (χ1n) is 12.5.